The zero-order valence-corrected chi connectivity index (χ0v) is 15.0. The topological polar surface area (TPSA) is 37.4 Å². The molecule has 0 unspecified atom stereocenters. The van der Waals surface area contributed by atoms with E-state index in [4.69, 9.17) is 23.2 Å². The molecule has 0 heterocycles. The summed E-state index contributed by atoms with van der Waals surface area (Å²) in [4.78, 5) is 26.3. The van der Waals surface area contributed by atoms with Gasteiger partial charge in [-0.2, -0.15) is 0 Å². The third kappa shape index (κ3) is 5.17. The second-order valence-electron chi connectivity index (χ2n) is 5.61. The van der Waals surface area contributed by atoms with Gasteiger partial charge >= 0.3 is 0 Å². The highest BCUT2D eigenvalue weighted by Crippen LogP contribution is 2.18. The number of nitrogens with zero attached hydrogens (tertiary/aromatic N) is 1. The van der Waals surface area contributed by atoms with E-state index in [-0.39, 0.29) is 11.6 Å². The monoisotopic (exact) mass is 363 g/mol. The van der Waals surface area contributed by atoms with Crippen molar-refractivity contribution in [3.05, 3.63) is 69.7 Å². The summed E-state index contributed by atoms with van der Waals surface area (Å²) in [5.74, 6) is 0.00904. The zero-order chi connectivity index (χ0) is 17.5. The number of Topliss-reactive ketones (excluding diaryl/α,β-unsaturated/α-hetero) is 2. The average Bonchev–Trinajstić information content (AvgIpc) is 2.58. The maximum absolute atomic E-state index is 12.2. The van der Waals surface area contributed by atoms with E-state index in [1.165, 1.54) is 0 Å². The number of ketones is 2. The van der Waals surface area contributed by atoms with E-state index in [9.17, 15) is 9.59 Å². The zero-order valence-electron chi connectivity index (χ0n) is 13.5. The smallest absolute Gasteiger partial charge is 0.165 e. The maximum Gasteiger partial charge on any atom is 0.165 e. The summed E-state index contributed by atoms with van der Waals surface area (Å²) >= 11 is 12.1. The Morgan fingerprint density at radius 1 is 0.792 bits per heavy atom. The number of hydrogen-bond donors (Lipinski definition) is 0. The van der Waals surface area contributed by atoms with E-state index in [1.807, 2.05) is 11.9 Å². The van der Waals surface area contributed by atoms with Crippen molar-refractivity contribution in [2.75, 3.05) is 20.1 Å². The Morgan fingerprint density at radius 2 is 1.17 bits per heavy atom. The predicted octanol–water partition coefficient (Wildman–Crippen LogP) is 4.77. The molecule has 0 aliphatic carbocycles. The van der Waals surface area contributed by atoms with Gasteiger partial charge in [0.05, 0.1) is 10.0 Å². The normalized spacial score (nSPS) is 10.8. The molecule has 0 aliphatic heterocycles. The number of benzene rings is 2. The van der Waals surface area contributed by atoms with Crippen LogP contribution in [0.3, 0.4) is 0 Å². The van der Waals surface area contributed by atoms with Crippen LogP contribution in [0.5, 0.6) is 0 Å². The van der Waals surface area contributed by atoms with Crippen molar-refractivity contribution in [3.8, 4) is 0 Å². The van der Waals surface area contributed by atoms with Crippen LogP contribution in [0.25, 0.3) is 0 Å². The Labute approximate surface area is 152 Å². The quantitative estimate of drug-likeness (QED) is 0.633. The van der Waals surface area contributed by atoms with Gasteiger partial charge in [-0.15, -0.1) is 0 Å². The lowest BCUT2D eigenvalue weighted by molar-refractivity contribution is 0.0956. The van der Waals surface area contributed by atoms with E-state index >= 15 is 0 Å². The lowest BCUT2D eigenvalue weighted by Crippen LogP contribution is -2.25. The number of hydrogen-bond acceptors (Lipinski definition) is 3. The molecule has 3 nitrogen and oxygen atoms in total. The van der Waals surface area contributed by atoms with Gasteiger partial charge in [-0.25, -0.2) is 0 Å². The van der Waals surface area contributed by atoms with Crippen LogP contribution < -0.4 is 0 Å². The molecule has 2 aromatic carbocycles. The van der Waals surface area contributed by atoms with E-state index in [0.717, 1.165) is 0 Å². The molecule has 0 radical (unpaired) electrons. The molecule has 0 saturated carbocycles. The first-order valence-corrected chi connectivity index (χ1v) is 8.48. The van der Waals surface area contributed by atoms with Gasteiger partial charge in [0.2, 0.25) is 0 Å². The molecular formula is C19H19Cl2NO2. The fourth-order valence-electron chi connectivity index (χ4n) is 2.34. The molecular weight excluding hydrogens is 345 g/mol. The molecule has 0 spiro atoms. The van der Waals surface area contributed by atoms with Gasteiger partial charge in [0, 0.05) is 37.1 Å². The van der Waals surface area contributed by atoms with Crippen molar-refractivity contribution in [2.24, 2.45) is 0 Å². The second kappa shape index (κ2) is 8.97. The van der Waals surface area contributed by atoms with Gasteiger partial charge in [-0.1, -0.05) is 47.5 Å². The van der Waals surface area contributed by atoms with Crippen molar-refractivity contribution >= 4 is 34.8 Å². The van der Waals surface area contributed by atoms with Crippen molar-refractivity contribution < 1.29 is 9.59 Å². The Kier molecular flexibility index (Phi) is 6.98. The molecule has 2 rings (SSSR count). The molecule has 5 heteroatoms. The minimum absolute atomic E-state index is 0.00452. The van der Waals surface area contributed by atoms with Crippen molar-refractivity contribution in [3.63, 3.8) is 0 Å². The van der Waals surface area contributed by atoms with Crippen LogP contribution in [0.15, 0.2) is 48.5 Å². The summed E-state index contributed by atoms with van der Waals surface area (Å²) in [6.45, 7) is 1.14. The number of carbonyl (C=O) groups is 2. The summed E-state index contributed by atoms with van der Waals surface area (Å²) < 4.78 is 0. The third-order valence-electron chi connectivity index (χ3n) is 3.79. The fourth-order valence-corrected chi connectivity index (χ4v) is 2.82. The van der Waals surface area contributed by atoms with Crippen LogP contribution >= 0.6 is 23.2 Å². The molecule has 0 amide bonds. The SMILES string of the molecule is CN(CCC(=O)c1ccccc1Cl)CCC(=O)c1ccccc1Cl. The Hall–Kier alpha value is -1.68. The highest BCUT2D eigenvalue weighted by atomic mass is 35.5. The maximum atomic E-state index is 12.2. The van der Waals surface area contributed by atoms with Gasteiger partial charge in [0.15, 0.2) is 11.6 Å². The summed E-state index contributed by atoms with van der Waals surface area (Å²) in [5, 5.41) is 0.943. The van der Waals surface area contributed by atoms with Crippen molar-refractivity contribution in [1.82, 2.24) is 4.90 Å². The predicted molar refractivity (Wildman–Crippen MR) is 98.3 cm³/mol. The van der Waals surface area contributed by atoms with Gasteiger partial charge in [0.1, 0.15) is 0 Å². The Morgan fingerprint density at radius 3 is 1.54 bits per heavy atom. The highest BCUT2D eigenvalue weighted by Gasteiger charge is 2.13. The number of rotatable bonds is 8. The van der Waals surface area contributed by atoms with Gasteiger partial charge in [-0.3, -0.25) is 9.59 Å². The van der Waals surface area contributed by atoms with Crippen LogP contribution in [0.1, 0.15) is 33.6 Å². The molecule has 2 aromatic rings. The molecule has 0 aromatic heterocycles. The van der Waals surface area contributed by atoms with Crippen molar-refractivity contribution in [2.45, 2.75) is 12.8 Å². The van der Waals surface area contributed by atoms with E-state index in [0.29, 0.717) is 47.1 Å². The summed E-state index contributed by atoms with van der Waals surface area (Å²) in [5.41, 5.74) is 1.08. The standard InChI is InChI=1S/C19H19Cl2NO2/c1-22(12-10-18(23)14-6-2-4-8-16(14)20)13-11-19(24)15-7-3-5-9-17(15)21/h2-9H,10-13H2,1H3. The first-order chi connectivity index (χ1) is 11.5. The Bertz CT molecular complexity index is 669. The molecule has 126 valence electrons. The lowest BCUT2D eigenvalue weighted by atomic mass is 10.1. The fraction of sp³-hybridized carbons (Fsp3) is 0.263. The lowest BCUT2D eigenvalue weighted by Gasteiger charge is -2.16. The molecule has 24 heavy (non-hydrogen) atoms. The second-order valence-corrected chi connectivity index (χ2v) is 6.42. The van der Waals surface area contributed by atoms with Crippen LogP contribution in [0.4, 0.5) is 0 Å². The first kappa shape index (κ1) is 18.7. The molecule has 0 saturated heterocycles. The summed E-state index contributed by atoms with van der Waals surface area (Å²) in [7, 11) is 1.89. The van der Waals surface area contributed by atoms with Gasteiger partial charge < -0.3 is 4.90 Å². The van der Waals surface area contributed by atoms with Crippen molar-refractivity contribution in [1.29, 1.82) is 0 Å². The van der Waals surface area contributed by atoms with Gasteiger partial charge in [-0.05, 0) is 31.3 Å². The minimum Gasteiger partial charge on any atom is -0.305 e. The largest absolute Gasteiger partial charge is 0.305 e. The van der Waals surface area contributed by atoms with Crippen LogP contribution in [0.2, 0.25) is 10.0 Å². The molecule has 0 N–H and O–H groups in total. The molecule has 0 bridgehead atoms. The van der Waals surface area contributed by atoms with Crippen LogP contribution in [0, 0.1) is 0 Å². The summed E-state index contributed by atoms with van der Waals surface area (Å²) in [6.07, 6.45) is 0.723. The average molecular weight is 364 g/mol. The summed E-state index contributed by atoms with van der Waals surface area (Å²) in [6, 6.07) is 14.1. The van der Waals surface area contributed by atoms with Gasteiger partial charge in [0.25, 0.3) is 0 Å². The third-order valence-corrected chi connectivity index (χ3v) is 4.45. The van der Waals surface area contributed by atoms with E-state index < -0.39 is 0 Å². The Balaban J connectivity index is 1.80. The van der Waals surface area contributed by atoms with E-state index in [2.05, 4.69) is 0 Å². The van der Waals surface area contributed by atoms with Crippen LogP contribution in [-0.2, 0) is 0 Å². The van der Waals surface area contributed by atoms with E-state index in [1.54, 1.807) is 48.5 Å². The molecule has 0 atom stereocenters. The molecule has 0 aliphatic rings. The van der Waals surface area contributed by atoms with Crippen LogP contribution in [-0.4, -0.2) is 36.6 Å². The minimum atomic E-state index is 0.00452. The number of halogens is 2. The first-order valence-electron chi connectivity index (χ1n) is 7.73. The number of carbonyl (C=O) groups excluding carboxylic acids is 2. The molecule has 0 fully saturated rings. The highest BCUT2D eigenvalue weighted by molar-refractivity contribution is 6.34.